The number of hydrogen-bond donors (Lipinski definition) is 4. The van der Waals surface area contributed by atoms with E-state index in [1.807, 2.05) is 70.6 Å². The molecule has 2 aromatic rings. The number of benzene rings is 2. The van der Waals surface area contributed by atoms with Gasteiger partial charge in [-0.05, 0) is 70.3 Å². The van der Waals surface area contributed by atoms with Crippen molar-refractivity contribution in [2.45, 2.75) is 43.2 Å². The molecule has 2 aliphatic rings. The fraction of sp³-hybridized carbons (Fsp3) is 0.348. The molecule has 2 heterocycles. The van der Waals surface area contributed by atoms with Crippen LogP contribution >= 0.6 is 41.1 Å². The SMILES string of the molecule is O=C1CC(C(=O)NOPI)CCCOc2ccc(cc2)CC(C(=O)NCc2ccc(S)cc2)N1. The van der Waals surface area contributed by atoms with Gasteiger partial charge in [-0.3, -0.25) is 14.4 Å². The molecule has 11 heteroatoms. The lowest BCUT2D eigenvalue weighted by Crippen LogP contribution is -2.48. The highest BCUT2D eigenvalue weighted by atomic mass is 127. The fourth-order valence-corrected chi connectivity index (χ4v) is 4.19. The Labute approximate surface area is 219 Å². The van der Waals surface area contributed by atoms with Gasteiger partial charge in [0.2, 0.25) is 17.7 Å². The zero-order valence-corrected chi connectivity index (χ0v) is 22.4. The summed E-state index contributed by atoms with van der Waals surface area (Å²) in [7, 11) is 0. The highest BCUT2D eigenvalue weighted by Crippen LogP contribution is 2.21. The smallest absolute Gasteiger partial charge is 0.247 e. The van der Waals surface area contributed by atoms with Gasteiger partial charge in [0, 0.05) is 30.2 Å². The molecule has 0 radical (unpaired) electrons. The Hall–Kier alpha value is -1.88. The van der Waals surface area contributed by atoms with Crippen LogP contribution in [0.2, 0.25) is 0 Å². The Morgan fingerprint density at radius 2 is 1.85 bits per heavy atom. The van der Waals surface area contributed by atoms with E-state index in [0.29, 0.717) is 38.2 Å². The van der Waals surface area contributed by atoms with E-state index in [2.05, 4.69) is 28.7 Å². The standard InChI is InChI=1S/C23H27IN3O5PS/c24-33-32-27-22(29)17-2-1-11-31-18-7-3-15(4-8-18)12-20(26-21(28)13-17)23(30)25-14-16-5-9-19(34)10-6-16/h3-10,17,20,33-34H,1-2,11-14H2,(H,25,30)(H,26,28)(H,27,29). The van der Waals surface area contributed by atoms with Crippen LogP contribution in [0.25, 0.3) is 0 Å². The summed E-state index contributed by atoms with van der Waals surface area (Å²) in [6, 6.07) is 14.1. The van der Waals surface area contributed by atoms with Crippen LogP contribution in [0, 0.1) is 5.92 Å². The first-order chi connectivity index (χ1) is 16.4. The van der Waals surface area contributed by atoms with Gasteiger partial charge in [0.25, 0.3) is 0 Å². The summed E-state index contributed by atoms with van der Waals surface area (Å²) in [5.74, 6) is -0.904. The number of fused-ring (bicyclic) bond motifs is 11. The van der Waals surface area contributed by atoms with Crippen molar-refractivity contribution in [2.75, 3.05) is 6.61 Å². The normalized spacial score (nSPS) is 19.2. The molecule has 0 spiro atoms. The first-order valence-corrected chi connectivity index (χ1v) is 15.3. The van der Waals surface area contributed by atoms with E-state index in [4.69, 9.17) is 9.36 Å². The number of thiol groups is 1. The molecule has 3 atom stereocenters. The number of hydrogen-bond acceptors (Lipinski definition) is 6. The van der Waals surface area contributed by atoms with Gasteiger partial charge in [-0.2, -0.15) is 0 Å². The molecule has 8 nitrogen and oxygen atoms in total. The van der Waals surface area contributed by atoms with Gasteiger partial charge >= 0.3 is 0 Å². The van der Waals surface area contributed by atoms with Crippen LogP contribution in [0.15, 0.2) is 53.4 Å². The van der Waals surface area contributed by atoms with Gasteiger partial charge in [0.15, 0.2) is 0 Å². The maximum atomic E-state index is 13.0. The summed E-state index contributed by atoms with van der Waals surface area (Å²) in [5.41, 5.74) is 4.20. The molecule has 0 saturated carbocycles. The third-order valence-electron chi connectivity index (χ3n) is 5.38. The van der Waals surface area contributed by atoms with Crippen molar-refractivity contribution in [1.29, 1.82) is 0 Å². The van der Waals surface area contributed by atoms with Crippen LogP contribution in [0.4, 0.5) is 0 Å². The van der Waals surface area contributed by atoms with Crippen molar-refractivity contribution in [2.24, 2.45) is 5.92 Å². The molecule has 0 saturated heterocycles. The molecule has 2 aliphatic heterocycles. The number of ether oxygens (including phenoxy) is 1. The maximum Gasteiger partial charge on any atom is 0.247 e. The van der Waals surface area contributed by atoms with E-state index in [9.17, 15) is 14.4 Å². The molecule has 3 amide bonds. The molecule has 0 aliphatic carbocycles. The van der Waals surface area contributed by atoms with Crippen LogP contribution in [-0.4, -0.2) is 30.4 Å². The second-order valence-electron chi connectivity index (χ2n) is 7.89. The van der Waals surface area contributed by atoms with Gasteiger partial charge in [0.1, 0.15) is 18.2 Å². The molecule has 2 bridgehead atoms. The van der Waals surface area contributed by atoms with Crippen LogP contribution < -0.4 is 20.9 Å². The third-order valence-corrected chi connectivity index (χ3v) is 6.51. The highest BCUT2D eigenvalue weighted by molar-refractivity contribution is 14.2. The van der Waals surface area contributed by atoms with Crippen LogP contribution in [0.5, 0.6) is 5.75 Å². The highest BCUT2D eigenvalue weighted by Gasteiger charge is 2.26. The Kier molecular flexibility index (Phi) is 10.9. The van der Waals surface area contributed by atoms with E-state index < -0.39 is 12.0 Å². The number of carbonyl (C=O) groups excluding carboxylic acids is 3. The molecule has 2 aromatic carbocycles. The van der Waals surface area contributed by atoms with Gasteiger partial charge < -0.3 is 15.4 Å². The minimum absolute atomic E-state index is 0.0513. The number of halogens is 1. The number of carbonyl (C=O) groups is 3. The monoisotopic (exact) mass is 615 g/mol. The molecule has 0 aromatic heterocycles. The Morgan fingerprint density at radius 1 is 1.12 bits per heavy atom. The largest absolute Gasteiger partial charge is 0.494 e. The second kappa shape index (κ2) is 13.9. The number of amides is 3. The van der Waals surface area contributed by atoms with E-state index in [0.717, 1.165) is 16.0 Å². The predicted octanol–water partition coefficient (Wildman–Crippen LogP) is 3.49. The molecule has 3 N–H and O–H groups in total. The quantitative estimate of drug-likeness (QED) is 0.173. The first kappa shape index (κ1) is 26.7. The summed E-state index contributed by atoms with van der Waals surface area (Å²) >= 11 is 6.27. The molecule has 4 rings (SSSR count). The maximum absolute atomic E-state index is 13.0. The summed E-state index contributed by atoms with van der Waals surface area (Å²) in [5, 5.41) is 5.72. The van der Waals surface area contributed by atoms with Crippen molar-refractivity contribution in [3.63, 3.8) is 0 Å². The van der Waals surface area contributed by atoms with E-state index >= 15 is 0 Å². The minimum atomic E-state index is -0.790. The Bertz CT molecular complexity index is 978. The molecule has 182 valence electrons. The topological polar surface area (TPSA) is 106 Å². The summed E-state index contributed by atoms with van der Waals surface area (Å²) in [6.07, 6.45) is 1.30. The third kappa shape index (κ3) is 8.72. The van der Waals surface area contributed by atoms with Crippen LogP contribution in [0.3, 0.4) is 0 Å². The lowest BCUT2D eigenvalue weighted by Gasteiger charge is -2.22. The number of rotatable bonds is 6. The molecule has 0 fully saturated rings. The zero-order valence-electron chi connectivity index (χ0n) is 18.4. The molecule has 34 heavy (non-hydrogen) atoms. The average Bonchev–Trinajstić information content (AvgIpc) is 2.84. The Balaban J connectivity index is 1.73. The van der Waals surface area contributed by atoms with Crippen molar-refractivity contribution >= 4 is 58.8 Å². The van der Waals surface area contributed by atoms with Gasteiger partial charge in [-0.25, -0.2) is 10.1 Å². The Morgan fingerprint density at radius 3 is 2.56 bits per heavy atom. The van der Waals surface area contributed by atoms with Crippen molar-refractivity contribution in [3.05, 3.63) is 59.7 Å². The number of nitrogens with one attached hydrogen (secondary N) is 3. The van der Waals surface area contributed by atoms with Crippen LogP contribution in [0.1, 0.15) is 30.4 Å². The lowest BCUT2D eigenvalue weighted by atomic mass is 9.97. The van der Waals surface area contributed by atoms with Crippen molar-refractivity contribution in [3.8, 4) is 5.75 Å². The minimum Gasteiger partial charge on any atom is -0.494 e. The molecular weight excluding hydrogens is 588 g/mol. The van der Waals surface area contributed by atoms with Crippen LogP contribution in [-0.2, 0) is 32.0 Å². The van der Waals surface area contributed by atoms with Crippen molar-refractivity contribution < 1.29 is 23.7 Å². The van der Waals surface area contributed by atoms with E-state index in [1.54, 1.807) is 0 Å². The molecular formula is C23H27IN3O5PS. The van der Waals surface area contributed by atoms with Crippen molar-refractivity contribution in [1.82, 2.24) is 16.1 Å². The van der Waals surface area contributed by atoms with Gasteiger partial charge in [-0.15, -0.1) is 12.6 Å². The fourth-order valence-electron chi connectivity index (χ4n) is 3.57. The van der Waals surface area contributed by atoms with Gasteiger partial charge in [0.05, 0.1) is 6.61 Å². The van der Waals surface area contributed by atoms with Gasteiger partial charge in [-0.1, -0.05) is 24.3 Å². The zero-order chi connectivity index (χ0) is 24.3. The lowest BCUT2D eigenvalue weighted by molar-refractivity contribution is -0.136. The average molecular weight is 615 g/mol. The predicted molar refractivity (Wildman–Crippen MR) is 142 cm³/mol. The first-order valence-electron chi connectivity index (χ1n) is 10.8. The number of hydroxylamine groups is 1. The second-order valence-corrected chi connectivity index (χ2v) is 10.1. The van der Waals surface area contributed by atoms with E-state index in [-0.39, 0.29) is 30.6 Å². The summed E-state index contributed by atoms with van der Waals surface area (Å²) < 4.78 is 10.8. The summed E-state index contributed by atoms with van der Waals surface area (Å²) in [4.78, 5) is 39.2. The molecule has 3 unspecified atom stereocenters. The summed E-state index contributed by atoms with van der Waals surface area (Å²) in [6.45, 7) is 0.819. The van der Waals surface area contributed by atoms with E-state index in [1.165, 1.54) is 0 Å².